The van der Waals surface area contributed by atoms with E-state index in [0.717, 1.165) is 24.0 Å². The first-order valence-corrected chi connectivity index (χ1v) is 8.70. The third kappa shape index (κ3) is 3.51. The molecule has 2 aromatic rings. The highest BCUT2D eigenvalue weighted by Gasteiger charge is 2.35. The number of rotatable bonds is 5. The first kappa shape index (κ1) is 17.8. The largest absolute Gasteiger partial charge is 0.480 e. The zero-order valence-electron chi connectivity index (χ0n) is 14.6. The maximum atomic E-state index is 12.9. The third-order valence-electron chi connectivity index (χ3n) is 4.60. The minimum Gasteiger partial charge on any atom is -0.480 e. The number of fused-ring (bicyclic) bond motifs is 1. The van der Waals surface area contributed by atoms with Gasteiger partial charge in [-0.1, -0.05) is 37.6 Å². The minimum absolute atomic E-state index is 0.0892. The van der Waals surface area contributed by atoms with Crippen LogP contribution in [0.1, 0.15) is 41.4 Å². The van der Waals surface area contributed by atoms with Crippen molar-refractivity contribution in [2.24, 2.45) is 0 Å². The highest BCUT2D eigenvalue weighted by atomic mass is 16.4. The van der Waals surface area contributed by atoms with Crippen molar-refractivity contribution in [1.82, 2.24) is 14.7 Å². The van der Waals surface area contributed by atoms with Gasteiger partial charge in [-0.05, 0) is 23.6 Å². The van der Waals surface area contributed by atoms with Crippen LogP contribution in [0.15, 0.2) is 41.2 Å². The maximum absolute atomic E-state index is 12.9. The monoisotopic (exact) mass is 355 g/mol. The molecule has 0 saturated carbocycles. The molecule has 0 aliphatic carbocycles. The molecule has 1 aromatic heterocycles. The smallest absolute Gasteiger partial charge is 0.326 e. The van der Waals surface area contributed by atoms with E-state index in [1.54, 1.807) is 0 Å². The average molecular weight is 355 g/mol. The quantitative estimate of drug-likeness (QED) is 0.881. The van der Waals surface area contributed by atoms with Crippen molar-refractivity contribution < 1.29 is 14.7 Å². The summed E-state index contributed by atoms with van der Waals surface area (Å²) in [5, 5.41) is 13.7. The van der Waals surface area contributed by atoms with E-state index in [9.17, 15) is 19.5 Å². The van der Waals surface area contributed by atoms with Gasteiger partial charge in [-0.25, -0.2) is 9.48 Å². The van der Waals surface area contributed by atoms with E-state index in [4.69, 9.17) is 0 Å². The molecule has 1 amide bonds. The molecule has 1 aromatic carbocycles. The van der Waals surface area contributed by atoms with Gasteiger partial charge in [-0.2, -0.15) is 5.10 Å². The summed E-state index contributed by atoms with van der Waals surface area (Å²) in [6, 6.07) is 9.23. The fourth-order valence-electron chi connectivity index (χ4n) is 3.14. The zero-order chi connectivity index (χ0) is 18.7. The Morgan fingerprint density at radius 3 is 2.62 bits per heavy atom. The van der Waals surface area contributed by atoms with Crippen molar-refractivity contribution >= 4 is 11.9 Å². The lowest BCUT2D eigenvalue weighted by atomic mass is 9.93. The summed E-state index contributed by atoms with van der Waals surface area (Å²) in [6.45, 7) is 2.64. The average Bonchev–Trinajstić information content (AvgIpc) is 2.65. The number of amides is 1. The van der Waals surface area contributed by atoms with Crippen LogP contribution < -0.4 is 5.56 Å². The Balaban J connectivity index is 1.93. The number of aromatic nitrogens is 2. The number of carbonyl (C=O) groups is 2. The molecule has 0 radical (unpaired) electrons. The van der Waals surface area contributed by atoms with Crippen LogP contribution >= 0.6 is 0 Å². The summed E-state index contributed by atoms with van der Waals surface area (Å²) in [7, 11) is 0. The number of hydrogen-bond acceptors (Lipinski definition) is 4. The number of unbranched alkanes of at least 4 members (excludes halogenated alkanes) is 1. The van der Waals surface area contributed by atoms with E-state index in [2.05, 4.69) is 5.10 Å². The van der Waals surface area contributed by atoms with Gasteiger partial charge in [0, 0.05) is 25.6 Å². The molecule has 0 bridgehead atoms. The van der Waals surface area contributed by atoms with Gasteiger partial charge < -0.3 is 10.0 Å². The normalized spacial score (nSPS) is 16.2. The Bertz CT molecular complexity index is 890. The van der Waals surface area contributed by atoms with Gasteiger partial charge in [0.1, 0.15) is 11.7 Å². The molecule has 0 spiro atoms. The van der Waals surface area contributed by atoms with Gasteiger partial charge >= 0.3 is 5.97 Å². The molecule has 0 fully saturated rings. The van der Waals surface area contributed by atoms with Gasteiger partial charge in [0.05, 0.1) is 0 Å². The molecular formula is C19H21N3O4. The molecule has 7 heteroatoms. The second kappa shape index (κ2) is 7.51. The van der Waals surface area contributed by atoms with Gasteiger partial charge in [-0.3, -0.25) is 9.59 Å². The molecule has 1 N–H and O–H groups in total. The first-order chi connectivity index (χ1) is 12.5. The number of carboxylic acids is 1. The lowest BCUT2D eigenvalue weighted by Crippen LogP contribution is -2.49. The van der Waals surface area contributed by atoms with E-state index >= 15 is 0 Å². The van der Waals surface area contributed by atoms with E-state index in [1.807, 2.05) is 31.2 Å². The molecule has 0 saturated heterocycles. The number of hydrogen-bond donors (Lipinski definition) is 1. The Hall–Kier alpha value is -2.96. The molecule has 1 unspecified atom stereocenters. The predicted octanol–water partition coefficient (Wildman–Crippen LogP) is 1.70. The number of aryl methyl sites for hydroxylation is 1. The van der Waals surface area contributed by atoms with Crippen LogP contribution in [0.4, 0.5) is 0 Å². The molecule has 1 atom stereocenters. The number of nitrogens with zero attached hydrogens (tertiary/aromatic N) is 3. The van der Waals surface area contributed by atoms with Crippen LogP contribution in [-0.4, -0.2) is 37.7 Å². The molecule has 26 heavy (non-hydrogen) atoms. The Morgan fingerprint density at radius 1 is 1.19 bits per heavy atom. The lowest BCUT2D eigenvalue weighted by molar-refractivity contribution is -0.142. The first-order valence-electron chi connectivity index (χ1n) is 8.70. The van der Waals surface area contributed by atoms with Gasteiger partial charge in [-0.15, -0.1) is 0 Å². The van der Waals surface area contributed by atoms with E-state index in [-0.39, 0.29) is 24.2 Å². The van der Waals surface area contributed by atoms with Crippen LogP contribution in [0, 0.1) is 0 Å². The standard InChI is InChI=1S/C19H21N3O4/c1-2-3-10-22-17(23)9-8-15(20-22)18(24)21-12-14-7-5-4-6-13(14)11-16(21)19(25)26/h4-9,16H,2-3,10-12H2,1H3,(H,25,26). The van der Waals surface area contributed by atoms with Crippen molar-refractivity contribution in [3.63, 3.8) is 0 Å². The van der Waals surface area contributed by atoms with E-state index in [0.29, 0.717) is 6.54 Å². The number of carbonyl (C=O) groups excluding carboxylic acids is 1. The minimum atomic E-state index is -1.05. The van der Waals surface area contributed by atoms with Crippen LogP contribution in [0.3, 0.4) is 0 Å². The zero-order valence-corrected chi connectivity index (χ0v) is 14.6. The topological polar surface area (TPSA) is 92.5 Å². The van der Waals surface area contributed by atoms with Crippen LogP contribution in [0.25, 0.3) is 0 Å². The van der Waals surface area contributed by atoms with Gasteiger partial charge in [0.15, 0.2) is 0 Å². The van der Waals surface area contributed by atoms with Crippen molar-refractivity contribution in [3.05, 3.63) is 63.6 Å². The molecule has 2 heterocycles. The summed E-state index contributed by atoms with van der Waals surface area (Å²) in [5.74, 6) is -1.52. The van der Waals surface area contributed by atoms with E-state index < -0.39 is 17.9 Å². The Kier molecular flexibility index (Phi) is 5.16. The third-order valence-corrected chi connectivity index (χ3v) is 4.60. The van der Waals surface area contributed by atoms with Crippen molar-refractivity contribution in [2.75, 3.05) is 0 Å². The summed E-state index contributed by atoms with van der Waals surface area (Å²) in [5.41, 5.74) is 1.68. The van der Waals surface area contributed by atoms with Crippen LogP contribution in [-0.2, 0) is 24.3 Å². The SMILES string of the molecule is CCCCn1nc(C(=O)N2Cc3ccccc3CC2C(=O)O)ccc1=O. The van der Waals surface area contributed by atoms with Gasteiger partial charge in [0.2, 0.25) is 0 Å². The Labute approximate surface area is 150 Å². The summed E-state index contributed by atoms with van der Waals surface area (Å²) in [6.07, 6.45) is 1.93. The molecule has 1 aliphatic rings. The van der Waals surface area contributed by atoms with Crippen LogP contribution in [0.2, 0.25) is 0 Å². The number of carboxylic acid groups (broad SMARTS) is 1. The second-order valence-corrected chi connectivity index (χ2v) is 6.39. The molecular weight excluding hydrogens is 334 g/mol. The summed E-state index contributed by atoms with van der Waals surface area (Å²) < 4.78 is 1.27. The van der Waals surface area contributed by atoms with Crippen molar-refractivity contribution in [3.8, 4) is 0 Å². The molecule has 136 valence electrons. The van der Waals surface area contributed by atoms with E-state index in [1.165, 1.54) is 21.7 Å². The predicted molar refractivity (Wildman–Crippen MR) is 94.8 cm³/mol. The van der Waals surface area contributed by atoms with Crippen LogP contribution in [0.5, 0.6) is 0 Å². The molecule has 1 aliphatic heterocycles. The highest BCUT2D eigenvalue weighted by molar-refractivity contribution is 5.95. The summed E-state index contributed by atoms with van der Waals surface area (Å²) >= 11 is 0. The summed E-state index contributed by atoms with van der Waals surface area (Å²) in [4.78, 5) is 37.9. The Morgan fingerprint density at radius 2 is 1.92 bits per heavy atom. The van der Waals surface area contributed by atoms with Gasteiger partial charge in [0.25, 0.3) is 11.5 Å². The highest BCUT2D eigenvalue weighted by Crippen LogP contribution is 2.24. The molecule has 7 nitrogen and oxygen atoms in total. The van der Waals surface area contributed by atoms with Crippen molar-refractivity contribution in [1.29, 1.82) is 0 Å². The number of benzene rings is 1. The maximum Gasteiger partial charge on any atom is 0.326 e. The second-order valence-electron chi connectivity index (χ2n) is 6.39. The lowest BCUT2D eigenvalue weighted by Gasteiger charge is -2.34. The fraction of sp³-hybridized carbons (Fsp3) is 0.368. The fourth-order valence-corrected chi connectivity index (χ4v) is 3.14. The molecule has 3 rings (SSSR count). The van der Waals surface area contributed by atoms with Crippen molar-refractivity contribution in [2.45, 2.75) is 45.3 Å². The number of aliphatic carboxylic acids is 1.